The molecule has 5 nitrogen and oxygen atoms in total. The molecular formula is C10H15N3O2. The Morgan fingerprint density at radius 2 is 2.00 bits per heavy atom. The van der Waals surface area contributed by atoms with Crippen LogP contribution in [0.15, 0.2) is 24.3 Å². The number of methoxy groups -OCH3 is 1. The summed E-state index contributed by atoms with van der Waals surface area (Å²) in [6, 6.07) is 6.92. The van der Waals surface area contributed by atoms with E-state index in [0.29, 0.717) is 0 Å². The van der Waals surface area contributed by atoms with Gasteiger partial charge < -0.3 is 10.1 Å². The molecule has 5 heteroatoms. The summed E-state index contributed by atoms with van der Waals surface area (Å²) in [4.78, 5) is 11.1. The molecule has 0 aromatic heterocycles. The van der Waals surface area contributed by atoms with Gasteiger partial charge in [0.25, 0.3) is 5.91 Å². The summed E-state index contributed by atoms with van der Waals surface area (Å²) in [6.07, 6.45) is 0. The van der Waals surface area contributed by atoms with Gasteiger partial charge in [-0.1, -0.05) is 0 Å². The van der Waals surface area contributed by atoms with Gasteiger partial charge in [0.15, 0.2) is 0 Å². The van der Waals surface area contributed by atoms with Gasteiger partial charge in [-0.05, 0) is 31.2 Å². The number of hydrazine groups is 1. The molecule has 82 valence electrons. The van der Waals surface area contributed by atoms with Crippen molar-refractivity contribution in [3.63, 3.8) is 0 Å². The normalized spacial score (nSPS) is 11.7. The van der Waals surface area contributed by atoms with Crippen LogP contribution in [0.3, 0.4) is 0 Å². The zero-order valence-electron chi connectivity index (χ0n) is 8.78. The van der Waals surface area contributed by atoms with Crippen molar-refractivity contribution in [3.05, 3.63) is 24.3 Å². The van der Waals surface area contributed by atoms with E-state index in [0.717, 1.165) is 11.4 Å². The third kappa shape index (κ3) is 3.14. The summed E-state index contributed by atoms with van der Waals surface area (Å²) in [5.41, 5.74) is 2.92. The fourth-order valence-electron chi connectivity index (χ4n) is 1.13. The number of carbonyl (C=O) groups excluding carboxylic acids is 1. The third-order valence-corrected chi connectivity index (χ3v) is 2.01. The highest BCUT2D eigenvalue weighted by Gasteiger charge is 2.10. The van der Waals surface area contributed by atoms with Crippen LogP contribution in [-0.2, 0) is 4.79 Å². The predicted molar refractivity (Wildman–Crippen MR) is 58.4 cm³/mol. The predicted octanol–water partition coefficient (Wildman–Crippen LogP) is 0.485. The second kappa shape index (κ2) is 5.21. The molecule has 1 aromatic rings. The van der Waals surface area contributed by atoms with Crippen LogP contribution in [0.1, 0.15) is 6.92 Å². The third-order valence-electron chi connectivity index (χ3n) is 2.01. The van der Waals surface area contributed by atoms with Crippen LogP contribution < -0.4 is 21.3 Å². The van der Waals surface area contributed by atoms with Crippen LogP contribution in [-0.4, -0.2) is 19.1 Å². The Kier molecular flexibility index (Phi) is 3.93. The first-order chi connectivity index (χ1) is 7.17. The summed E-state index contributed by atoms with van der Waals surface area (Å²) < 4.78 is 5.02. The van der Waals surface area contributed by atoms with Crippen LogP contribution in [0.25, 0.3) is 0 Å². The molecule has 0 bridgehead atoms. The highest BCUT2D eigenvalue weighted by molar-refractivity contribution is 5.83. The highest BCUT2D eigenvalue weighted by Crippen LogP contribution is 2.15. The van der Waals surface area contributed by atoms with Crippen molar-refractivity contribution in [3.8, 4) is 5.75 Å². The van der Waals surface area contributed by atoms with Gasteiger partial charge in [0.2, 0.25) is 0 Å². The number of nitrogens with two attached hydrogens (primary N) is 1. The van der Waals surface area contributed by atoms with Crippen molar-refractivity contribution >= 4 is 11.6 Å². The van der Waals surface area contributed by atoms with Crippen molar-refractivity contribution in [2.45, 2.75) is 13.0 Å². The number of benzene rings is 1. The number of hydrogen-bond donors (Lipinski definition) is 3. The fourth-order valence-corrected chi connectivity index (χ4v) is 1.13. The van der Waals surface area contributed by atoms with Gasteiger partial charge in [-0.25, -0.2) is 5.84 Å². The van der Waals surface area contributed by atoms with E-state index in [1.165, 1.54) is 0 Å². The number of nitrogens with one attached hydrogen (secondary N) is 2. The average Bonchev–Trinajstić information content (AvgIpc) is 2.29. The lowest BCUT2D eigenvalue weighted by Gasteiger charge is -2.13. The molecule has 1 rings (SSSR count). The van der Waals surface area contributed by atoms with E-state index in [2.05, 4.69) is 10.7 Å². The number of anilines is 1. The first-order valence-corrected chi connectivity index (χ1v) is 4.58. The second-order valence-electron chi connectivity index (χ2n) is 3.10. The van der Waals surface area contributed by atoms with Gasteiger partial charge >= 0.3 is 0 Å². The quantitative estimate of drug-likeness (QED) is 0.383. The Balaban J connectivity index is 2.60. The van der Waals surface area contributed by atoms with Gasteiger partial charge in [0.05, 0.1) is 7.11 Å². The second-order valence-corrected chi connectivity index (χ2v) is 3.10. The summed E-state index contributed by atoms with van der Waals surface area (Å²) in [5, 5.41) is 3.00. The first-order valence-electron chi connectivity index (χ1n) is 4.58. The SMILES string of the molecule is COc1ccc(NC(C)C(=O)NN)cc1. The van der Waals surface area contributed by atoms with Gasteiger partial charge in [-0.2, -0.15) is 0 Å². The van der Waals surface area contributed by atoms with Crippen LogP contribution in [0.5, 0.6) is 5.75 Å². The van der Waals surface area contributed by atoms with Crippen molar-refractivity contribution < 1.29 is 9.53 Å². The highest BCUT2D eigenvalue weighted by atomic mass is 16.5. The summed E-state index contributed by atoms with van der Waals surface area (Å²) in [6.45, 7) is 1.73. The topological polar surface area (TPSA) is 76.4 Å². The van der Waals surface area contributed by atoms with Crippen molar-refractivity contribution in [1.82, 2.24) is 5.43 Å². The monoisotopic (exact) mass is 209 g/mol. The number of hydrogen-bond acceptors (Lipinski definition) is 4. The van der Waals surface area contributed by atoms with Gasteiger partial charge in [-0.15, -0.1) is 0 Å². The van der Waals surface area contributed by atoms with E-state index in [1.807, 2.05) is 24.3 Å². The molecule has 0 fully saturated rings. The minimum Gasteiger partial charge on any atom is -0.497 e. The van der Waals surface area contributed by atoms with Crippen LogP contribution in [0, 0.1) is 0 Å². The van der Waals surface area contributed by atoms with Gasteiger partial charge in [0.1, 0.15) is 11.8 Å². The maximum absolute atomic E-state index is 11.1. The van der Waals surface area contributed by atoms with Crippen molar-refractivity contribution in [2.24, 2.45) is 5.84 Å². The fraction of sp³-hybridized carbons (Fsp3) is 0.300. The number of ether oxygens (including phenoxy) is 1. The lowest BCUT2D eigenvalue weighted by Crippen LogP contribution is -2.41. The lowest BCUT2D eigenvalue weighted by atomic mass is 10.2. The largest absolute Gasteiger partial charge is 0.497 e. The van der Waals surface area contributed by atoms with E-state index in [-0.39, 0.29) is 11.9 Å². The molecule has 0 aliphatic rings. The molecule has 1 amide bonds. The molecule has 1 unspecified atom stereocenters. The minimum atomic E-state index is -0.372. The van der Waals surface area contributed by atoms with Crippen LogP contribution >= 0.6 is 0 Å². The van der Waals surface area contributed by atoms with E-state index >= 15 is 0 Å². The van der Waals surface area contributed by atoms with Crippen LogP contribution in [0.2, 0.25) is 0 Å². The molecule has 0 saturated heterocycles. The van der Waals surface area contributed by atoms with E-state index in [9.17, 15) is 4.79 Å². The minimum absolute atomic E-state index is 0.259. The maximum atomic E-state index is 11.1. The Hall–Kier alpha value is -1.75. The maximum Gasteiger partial charge on any atom is 0.256 e. The standard InChI is InChI=1S/C10H15N3O2/c1-7(10(14)13-11)12-8-3-5-9(15-2)6-4-8/h3-7,12H,11H2,1-2H3,(H,13,14). The molecule has 0 spiro atoms. The van der Waals surface area contributed by atoms with E-state index < -0.39 is 0 Å². The van der Waals surface area contributed by atoms with Gasteiger partial charge in [-0.3, -0.25) is 10.2 Å². The molecule has 0 saturated carbocycles. The Bertz CT molecular complexity index is 324. The molecule has 1 aromatic carbocycles. The van der Waals surface area contributed by atoms with Crippen molar-refractivity contribution in [1.29, 1.82) is 0 Å². The van der Waals surface area contributed by atoms with Crippen LogP contribution in [0.4, 0.5) is 5.69 Å². The number of rotatable bonds is 4. The molecule has 0 aliphatic heterocycles. The van der Waals surface area contributed by atoms with E-state index in [1.54, 1.807) is 14.0 Å². The number of carbonyl (C=O) groups is 1. The lowest BCUT2D eigenvalue weighted by molar-refractivity contribution is -0.121. The van der Waals surface area contributed by atoms with Gasteiger partial charge in [0, 0.05) is 5.69 Å². The smallest absolute Gasteiger partial charge is 0.256 e. The first kappa shape index (κ1) is 11.3. The summed E-state index contributed by atoms with van der Waals surface area (Å²) in [5.74, 6) is 5.53. The Labute approximate surface area is 88.6 Å². The zero-order chi connectivity index (χ0) is 11.3. The molecule has 0 aliphatic carbocycles. The molecule has 15 heavy (non-hydrogen) atoms. The Morgan fingerprint density at radius 1 is 1.40 bits per heavy atom. The number of amides is 1. The molecule has 0 radical (unpaired) electrons. The summed E-state index contributed by atoms with van der Waals surface area (Å²) in [7, 11) is 1.60. The van der Waals surface area contributed by atoms with E-state index in [4.69, 9.17) is 10.6 Å². The molecule has 0 heterocycles. The molecule has 4 N–H and O–H groups in total. The summed E-state index contributed by atoms with van der Waals surface area (Å²) >= 11 is 0. The molecular weight excluding hydrogens is 194 g/mol. The van der Waals surface area contributed by atoms with Crippen molar-refractivity contribution in [2.75, 3.05) is 12.4 Å². The average molecular weight is 209 g/mol. The Morgan fingerprint density at radius 3 is 2.47 bits per heavy atom. The zero-order valence-corrected chi connectivity index (χ0v) is 8.78. The molecule has 1 atom stereocenters.